The largest absolute Gasteiger partial charge is 0.318 e. The number of hydrogen-bond donors (Lipinski definition) is 1. The van der Waals surface area contributed by atoms with Gasteiger partial charge < -0.3 is 10.3 Å². The minimum Gasteiger partial charge on any atom is -0.318 e. The number of aromatic nitrogens is 1. The predicted octanol–water partition coefficient (Wildman–Crippen LogP) is 1.42. The molecular formula is C10H15BrN4. The highest BCUT2D eigenvalue weighted by Crippen LogP contribution is 2.20. The molecule has 1 saturated heterocycles. The second kappa shape index (κ2) is 4.92. The molecular weight excluding hydrogens is 256 g/mol. The van der Waals surface area contributed by atoms with Crippen molar-refractivity contribution in [3.8, 4) is 0 Å². The van der Waals surface area contributed by atoms with Crippen LogP contribution in [0.3, 0.4) is 0 Å². The van der Waals surface area contributed by atoms with Gasteiger partial charge >= 0.3 is 0 Å². The fraction of sp³-hybridized carbons (Fsp3) is 0.500. The van der Waals surface area contributed by atoms with Gasteiger partial charge in [-0.2, -0.15) is 0 Å². The van der Waals surface area contributed by atoms with Gasteiger partial charge in [-0.15, -0.1) is 0 Å². The van der Waals surface area contributed by atoms with Gasteiger partial charge in [0.2, 0.25) is 0 Å². The Kier molecular flexibility index (Phi) is 3.56. The van der Waals surface area contributed by atoms with Crippen LogP contribution in [0.5, 0.6) is 0 Å². The summed E-state index contributed by atoms with van der Waals surface area (Å²) in [4.78, 5) is 6.37. The van der Waals surface area contributed by atoms with Crippen LogP contribution < -0.4 is 5.43 Å². The van der Waals surface area contributed by atoms with E-state index in [0.717, 1.165) is 36.3 Å². The average Bonchev–Trinajstić information content (AvgIpc) is 2.25. The molecule has 0 atom stereocenters. The van der Waals surface area contributed by atoms with Crippen molar-refractivity contribution >= 4 is 21.6 Å². The van der Waals surface area contributed by atoms with Gasteiger partial charge in [-0.05, 0) is 29.0 Å². The Morgan fingerprint density at radius 3 is 2.73 bits per heavy atom. The number of piperazine rings is 1. The van der Waals surface area contributed by atoms with Crippen molar-refractivity contribution < 1.29 is 0 Å². The molecule has 1 aliphatic rings. The molecule has 0 spiro atoms. The number of likely N-dealkylation sites (N-methyl/N-ethyl adjacent to an activating group) is 1. The molecule has 5 heteroatoms. The van der Waals surface area contributed by atoms with Gasteiger partial charge in [0.05, 0.1) is 10.2 Å². The van der Waals surface area contributed by atoms with Crippen LogP contribution in [0.15, 0.2) is 22.9 Å². The summed E-state index contributed by atoms with van der Waals surface area (Å²) in [5.41, 5.74) is 4.47. The Morgan fingerprint density at radius 1 is 1.33 bits per heavy atom. The Hall–Kier alpha value is -0.650. The van der Waals surface area contributed by atoms with E-state index in [1.807, 2.05) is 6.07 Å². The Balaban J connectivity index is 1.95. The molecule has 0 aromatic carbocycles. The molecule has 0 aliphatic carbocycles. The number of anilines is 1. The van der Waals surface area contributed by atoms with E-state index in [4.69, 9.17) is 0 Å². The summed E-state index contributed by atoms with van der Waals surface area (Å²) in [5, 5.41) is 2.24. The summed E-state index contributed by atoms with van der Waals surface area (Å²) in [5.74, 6) is 0. The van der Waals surface area contributed by atoms with Crippen molar-refractivity contribution in [3.05, 3.63) is 22.9 Å². The first-order valence-corrected chi connectivity index (χ1v) is 5.84. The molecule has 1 fully saturated rings. The van der Waals surface area contributed by atoms with Crippen LogP contribution in [0.1, 0.15) is 0 Å². The van der Waals surface area contributed by atoms with E-state index >= 15 is 0 Å². The topological polar surface area (TPSA) is 31.4 Å². The molecule has 1 aromatic rings. The third kappa shape index (κ3) is 2.90. The molecule has 2 rings (SSSR count). The molecule has 4 nitrogen and oxygen atoms in total. The van der Waals surface area contributed by atoms with E-state index in [9.17, 15) is 0 Å². The van der Waals surface area contributed by atoms with Crippen LogP contribution in [0, 0.1) is 0 Å². The second-order valence-corrected chi connectivity index (χ2v) is 4.61. The van der Waals surface area contributed by atoms with Crippen molar-refractivity contribution in [2.45, 2.75) is 0 Å². The van der Waals surface area contributed by atoms with Gasteiger partial charge in [-0.25, -0.2) is 5.01 Å². The average molecular weight is 271 g/mol. The van der Waals surface area contributed by atoms with Gasteiger partial charge in [0.25, 0.3) is 0 Å². The molecule has 82 valence electrons. The fourth-order valence-electron chi connectivity index (χ4n) is 1.55. The van der Waals surface area contributed by atoms with Gasteiger partial charge in [0, 0.05) is 38.6 Å². The zero-order chi connectivity index (χ0) is 10.7. The zero-order valence-electron chi connectivity index (χ0n) is 8.78. The van der Waals surface area contributed by atoms with E-state index < -0.39 is 0 Å². The number of rotatable bonds is 2. The second-order valence-electron chi connectivity index (χ2n) is 3.76. The fourth-order valence-corrected chi connectivity index (χ4v) is 1.89. The van der Waals surface area contributed by atoms with Crippen LogP contribution in [-0.2, 0) is 0 Å². The van der Waals surface area contributed by atoms with Crippen LogP contribution >= 0.6 is 15.9 Å². The molecule has 0 amide bonds. The normalized spacial score (nSPS) is 19.1. The van der Waals surface area contributed by atoms with E-state index in [0.29, 0.717) is 0 Å². The number of nitrogens with one attached hydrogen (secondary N) is 1. The van der Waals surface area contributed by atoms with Crippen molar-refractivity contribution in [2.75, 3.05) is 38.7 Å². The Bertz CT molecular complexity index is 323. The third-order valence-corrected chi connectivity index (χ3v) is 3.19. The summed E-state index contributed by atoms with van der Waals surface area (Å²) in [6.07, 6.45) is 3.60. The molecule has 2 heterocycles. The van der Waals surface area contributed by atoms with Crippen molar-refractivity contribution in [1.29, 1.82) is 0 Å². The summed E-state index contributed by atoms with van der Waals surface area (Å²) in [6, 6.07) is 1.97. The lowest BCUT2D eigenvalue weighted by atomic mass is 10.4. The first kappa shape index (κ1) is 10.9. The highest BCUT2D eigenvalue weighted by molar-refractivity contribution is 9.10. The molecule has 0 radical (unpaired) electrons. The van der Waals surface area contributed by atoms with Crippen LogP contribution in [0.4, 0.5) is 5.69 Å². The Morgan fingerprint density at radius 2 is 2.07 bits per heavy atom. The molecule has 1 aliphatic heterocycles. The van der Waals surface area contributed by atoms with Gasteiger partial charge in [0.15, 0.2) is 0 Å². The lowest BCUT2D eigenvalue weighted by molar-refractivity contribution is 0.179. The quantitative estimate of drug-likeness (QED) is 0.881. The number of hydrazine groups is 1. The maximum absolute atomic E-state index is 4.04. The first-order chi connectivity index (χ1) is 7.25. The SMILES string of the molecule is CN1CCN(Nc2ccncc2Br)CC1. The molecule has 0 saturated carbocycles. The van der Waals surface area contributed by atoms with Gasteiger partial charge in [-0.1, -0.05) is 0 Å². The van der Waals surface area contributed by atoms with E-state index in [2.05, 4.69) is 43.3 Å². The maximum atomic E-state index is 4.04. The number of pyridine rings is 1. The number of nitrogens with zero attached hydrogens (tertiary/aromatic N) is 3. The van der Waals surface area contributed by atoms with Crippen LogP contribution in [-0.4, -0.2) is 48.1 Å². The summed E-state index contributed by atoms with van der Waals surface area (Å²) < 4.78 is 1.00. The van der Waals surface area contributed by atoms with Gasteiger partial charge in [-0.3, -0.25) is 4.98 Å². The van der Waals surface area contributed by atoms with Crippen LogP contribution in [0.2, 0.25) is 0 Å². The number of halogens is 1. The molecule has 0 bridgehead atoms. The van der Waals surface area contributed by atoms with Crippen molar-refractivity contribution in [2.24, 2.45) is 0 Å². The molecule has 1 aromatic heterocycles. The smallest absolute Gasteiger partial charge is 0.0663 e. The molecule has 15 heavy (non-hydrogen) atoms. The van der Waals surface area contributed by atoms with Crippen molar-refractivity contribution in [1.82, 2.24) is 14.9 Å². The lowest BCUT2D eigenvalue weighted by Gasteiger charge is -2.33. The third-order valence-electron chi connectivity index (χ3n) is 2.55. The van der Waals surface area contributed by atoms with E-state index in [1.165, 1.54) is 0 Å². The molecule has 1 N–H and O–H groups in total. The molecule has 0 unspecified atom stereocenters. The summed E-state index contributed by atoms with van der Waals surface area (Å²) in [6.45, 7) is 4.31. The first-order valence-electron chi connectivity index (χ1n) is 5.05. The lowest BCUT2D eigenvalue weighted by Crippen LogP contribution is -2.46. The van der Waals surface area contributed by atoms with Gasteiger partial charge in [0.1, 0.15) is 0 Å². The summed E-state index contributed by atoms with van der Waals surface area (Å²) >= 11 is 3.47. The summed E-state index contributed by atoms with van der Waals surface area (Å²) in [7, 11) is 2.15. The standard InChI is InChI=1S/C10H15BrN4/c1-14-4-6-15(7-5-14)13-10-2-3-12-8-9(10)11/h2-3,8H,4-7H2,1H3,(H,12,13). The van der Waals surface area contributed by atoms with E-state index in [-0.39, 0.29) is 0 Å². The highest BCUT2D eigenvalue weighted by atomic mass is 79.9. The zero-order valence-corrected chi connectivity index (χ0v) is 10.4. The van der Waals surface area contributed by atoms with Crippen molar-refractivity contribution in [3.63, 3.8) is 0 Å². The van der Waals surface area contributed by atoms with Crippen LogP contribution in [0.25, 0.3) is 0 Å². The minimum absolute atomic E-state index is 1.00. The number of hydrogen-bond acceptors (Lipinski definition) is 4. The maximum Gasteiger partial charge on any atom is 0.0663 e. The van der Waals surface area contributed by atoms with E-state index in [1.54, 1.807) is 12.4 Å². The predicted molar refractivity (Wildman–Crippen MR) is 64.6 cm³/mol. The highest BCUT2D eigenvalue weighted by Gasteiger charge is 2.13. The monoisotopic (exact) mass is 270 g/mol. The Labute approximate surface area is 98.4 Å². The minimum atomic E-state index is 1.00.